The van der Waals surface area contributed by atoms with Crippen LogP contribution in [0.3, 0.4) is 0 Å². The summed E-state index contributed by atoms with van der Waals surface area (Å²) in [6, 6.07) is 9.63. The molecule has 1 aliphatic heterocycles. The number of aromatic nitrogens is 1. The maximum absolute atomic E-state index is 13.7. The summed E-state index contributed by atoms with van der Waals surface area (Å²) in [6.07, 6.45) is 0.542. The molecule has 2 aromatic carbocycles. The van der Waals surface area contributed by atoms with Crippen LogP contribution in [0.5, 0.6) is 5.75 Å². The van der Waals surface area contributed by atoms with Gasteiger partial charge >= 0.3 is 0 Å². The van der Waals surface area contributed by atoms with Crippen molar-refractivity contribution >= 4 is 29.0 Å². The fraction of sp³-hybridized carbons (Fsp3) is 0.143. The molecule has 7 heteroatoms. The molecule has 4 rings (SSSR count). The summed E-state index contributed by atoms with van der Waals surface area (Å²) in [5, 5.41) is 0.336. The normalized spacial score (nSPS) is 14.3. The molecule has 1 aromatic heterocycles. The quantitative estimate of drug-likeness (QED) is 0.513. The van der Waals surface area contributed by atoms with Gasteiger partial charge in [-0.3, -0.25) is 19.3 Å². The van der Waals surface area contributed by atoms with Crippen molar-refractivity contribution in [3.63, 3.8) is 0 Å². The van der Waals surface area contributed by atoms with Crippen LogP contribution in [0, 0.1) is 5.82 Å². The van der Waals surface area contributed by atoms with Gasteiger partial charge in [0.25, 0.3) is 11.8 Å². The predicted molar refractivity (Wildman–Crippen MR) is 99.0 cm³/mol. The van der Waals surface area contributed by atoms with Crippen LogP contribution < -0.4 is 4.74 Å². The van der Waals surface area contributed by atoms with Crippen LogP contribution in [0.4, 0.5) is 4.39 Å². The molecule has 1 unspecified atom stereocenters. The second kappa shape index (κ2) is 6.53. The van der Waals surface area contributed by atoms with Gasteiger partial charge in [-0.1, -0.05) is 12.1 Å². The van der Waals surface area contributed by atoms with E-state index in [1.54, 1.807) is 31.2 Å². The third-order valence-electron chi connectivity index (χ3n) is 4.90. The first kappa shape index (κ1) is 17.8. The van der Waals surface area contributed by atoms with Crippen LogP contribution in [-0.4, -0.2) is 35.1 Å². The van der Waals surface area contributed by atoms with Crippen molar-refractivity contribution in [3.8, 4) is 5.75 Å². The average Bonchev–Trinajstić information content (AvgIpc) is 2.96. The molecule has 0 radical (unpaired) electrons. The lowest BCUT2D eigenvalue weighted by Gasteiger charge is -2.24. The van der Waals surface area contributed by atoms with Gasteiger partial charge in [-0.2, -0.15) is 0 Å². The molecular weight excluding hydrogens is 363 g/mol. The number of halogens is 1. The number of ether oxygens (including phenoxy) is 1. The van der Waals surface area contributed by atoms with Crippen LogP contribution >= 0.6 is 0 Å². The monoisotopic (exact) mass is 378 g/mol. The highest BCUT2D eigenvalue weighted by atomic mass is 19.1. The smallest absolute Gasteiger partial charge is 0.262 e. The van der Waals surface area contributed by atoms with E-state index in [0.717, 1.165) is 4.90 Å². The lowest BCUT2D eigenvalue weighted by atomic mass is 10.0. The Morgan fingerprint density at radius 1 is 1.11 bits per heavy atom. The van der Waals surface area contributed by atoms with E-state index in [-0.39, 0.29) is 17.0 Å². The SMILES string of the molecule is COc1c(C=O)c(C(C)N2C(=O)c3ccccc3C2=O)nc2ccc(F)cc12. The fourth-order valence-corrected chi connectivity index (χ4v) is 3.57. The number of fused-ring (bicyclic) bond motifs is 2. The lowest BCUT2D eigenvalue weighted by molar-refractivity contribution is 0.0590. The van der Waals surface area contributed by atoms with Crippen molar-refractivity contribution in [1.29, 1.82) is 0 Å². The number of hydrogen-bond acceptors (Lipinski definition) is 5. The van der Waals surface area contributed by atoms with E-state index >= 15 is 0 Å². The highest BCUT2D eigenvalue weighted by Gasteiger charge is 2.40. The minimum atomic E-state index is -0.823. The first-order valence-electron chi connectivity index (χ1n) is 8.57. The van der Waals surface area contributed by atoms with Crippen molar-refractivity contribution in [3.05, 3.63) is 70.7 Å². The van der Waals surface area contributed by atoms with Crippen LogP contribution in [0.25, 0.3) is 10.9 Å². The Morgan fingerprint density at radius 2 is 1.75 bits per heavy atom. The van der Waals surface area contributed by atoms with Crippen LogP contribution in [-0.2, 0) is 0 Å². The molecule has 0 bridgehead atoms. The Bertz CT molecular complexity index is 1120. The number of hydrogen-bond donors (Lipinski definition) is 0. The molecule has 2 heterocycles. The standard InChI is InChI=1S/C21H15FN2O4/c1-11(24-20(26)13-5-3-4-6-14(13)21(24)27)18-16(10-25)19(28-2)15-9-12(22)7-8-17(15)23-18/h3-11H,1-2H3. The second-order valence-corrected chi connectivity index (χ2v) is 6.43. The molecule has 2 amide bonds. The van der Waals surface area contributed by atoms with Gasteiger partial charge in [-0.15, -0.1) is 0 Å². The number of nitrogens with zero attached hydrogens (tertiary/aromatic N) is 2. The Hall–Kier alpha value is -3.61. The summed E-state index contributed by atoms with van der Waals surface area (Å²) in [5.74, 6) is -1.25. The number of benzene rings is 2. The minimum Gasteiger partial charge on any atom is -0.495 e. The molecule has 0 aliphatic carbocycles. The number of methoxy groups -OCH3 is 1. The average molecular weight is 378 g/mol. The Morgan fingerprint density at radius 3 is 2.32 bits per heavy atom. The Balaban J connectivity index is 1.90. The molecule has 140 valence electrons. The largest absolute Gasteiger partial charge is 0.495 e. The topological polar surface area (TPSA) is 76.6 Å². The number of amides is 2. The Labute approximate surface area is 159 Å². The zero-order valence-electron chi connectivity index (χ0n) is 15.1. The van der Waals surface area contributed by atoms with Gasteiger partial charge in [0.2, 0.25) is 0 Å². The molecule has 1 aliphatic rings. The van der Waals surface area contributed by atoms with Gasteiger partial charge in [0, 0.05) is 5.39 Å². The molecule has 3 aromatic rings. The number of rotatable bonds is 4. The van der Waals surface area contributed by atoms with E-state index in [1.807, 2.05) is 0 Å². The van der Waals surface area contributed by atoms with E-state index in [4.69, 9.17) is 4.74 Å². The van der Waals surface area contributed by atoms with Gasteiger partial charge in [0.15, 0.2) is 6.29 Å². The van der Waals surface area contributed by atoms with E-state index in [0.29, 0.717) is 28.3 Å². The van der Waals surface area contributed by atoms with Gasteiger partial charge in [0.1, 0.15) is 11.6 Å². The number of aldehydes is 1. The summed E-state index contributed by atoms with van der Waals surface area (Å²) in [6.45, 7) is 1.62. The first-order valence-corrected chi connectivity index (χ1v) is 8.57. The molecule has 0 spiro atoms. The van der Waals surface area contributed by atoms with Crippen LogP contribution in [0.15, 0.2) is 42.5 Å². The molecule has 6 nitrogen and oxygen atoms in total. The predicted octanol–water partition coefficient (Wildman–Crippen LogP) is 3.55. The highest BCUT2D eigenvalue weighted by Crippen LogP contribution is 2.37. The van der Waals surface area contributed by atoms with Crippen molar-refractivity contribution < 1.29 is 23.5 Å². The molecular formula is C21H15FN2O4. The maximum atomic E-state index is 13.7. The van der Waals surface area contributed by atoms with Gasteiger partial charge in [0.05, 0.1) is 41.1 Å². The van der Waals surface area contributed by atoms with E-state index < -0.39 is 23.7 Å². The summed E-state index contributed by atoms with van der Waals surface area (Å²) >= 11 is 0. The highest BCUT2D eigenvalue weighted by molar-refractivity contribution is 6.21. The molecule has 1 atom stereocenters. The third kappa shape index (κ3) is 2.47. The summed E-state index contributed by atoms with van der Waals surface area (Å²) in [7, 11) is 1.36. The van der Waals surface area contributed by atoms with Gasteiger partial charge in [-0.05, 0) is 37.3 Å². The van der Waals surface area contributed by atoms with Crippen molar-refractivity contribution in [1.82, 2.24) is 9.88 Å². The third-order valence-corrected chi connectivity index (χ3v) is 4.90. The first-order chi connectivity index (χ1) is 13.5. The van der Waals surface area contributed by atoms with Crippen LogP contribution in [0.2, 0.25) is 0 Å². The van der Waals surface area contributed by atoms with Gasteiger partial charge in [-0.25, -0.2) is 9.37 Å². The summed E-state index contributed by atoms with van der Waals surface area (Å²) in [5.41, 5.74) is 1.29. The van der Waals surface area contributed by atoms with E-state index in [9.17, 15) is 18.8 Å². The Kier molecular flexibility index (Phi) is 4.15. The zero-order chi connectivity index (χ0) is 20.0. The fourth-order valence-electron chi connectivity index (χ4n) is 3.57. The van der Waals surface area contributed by atoms with Crippen molar-refractivity contribution in [2.45, 2.75) is 13.0 Å². The van der Waals surface area contributed by atoms with E-state index in [1.165, 1.54) is 25.3 Å². The lowest BCUT2D eigenvalue weighted by Crippen LogP contribution is -2.33. The van der Waals surface area contributed by atoms with Gasteiger partial charge < -0.3 is 4.74 Å². The summed E-state index contributed by atoms with van der Waals surface area (Å²) < 4.78 is 19.0. The van der Waals surface area contributed by atoms with E-state index in [2.05, 4.69) is 4.98 Å². The maximum Gasteiger partial charge on any atom is 0.262 e. The van der Waals surface area contributed by atoms with Crippen molar-refractivity contribution in [2.24, 2.45) is 0 Å². The number of imide groups is 1. The van der Waals surface area contributed by atoms with Crippen molar-refractivity contribution in [2.75, 3.05) is 7.11 Å². The molecule has 28 heavy (non-hydrogen) atoms. The number of pyridine rings is 1. The molecule has 0 saturated heterocycles. The molecule has 0 N–H and O–H groups in total. The second-order valence-electron chi connectivity index (χ2n) is 6.43. The molecule has 0 fully saturated rings. The summed E-state index contributed by atoms with van der Waals surface area (Å²) in [4.78, 5) is 42.9. The number of carbonyl (C=O) groups is 3. The van der Waals surface area contributed by atoms with Crippen LogP contribution in [0.1, 0.15) is 49.7 Å². The molecule has 0 saturated carbocycles. The zero-order valence-corrected chi connectivity index (χ0v) is 15.1. The number of carbonyl (C=O) groups excluding carboxylic acids is 3. The minimum absolute atomic E-state index is 0.0738.